The Balaban J connectivity index is 1.90. The number of benzene rings is 1. The van der Waals surface area contributed by atoms with Crippen LogP contribution in [0.3, 0.4) is 0 Å². The molecule has 0 saturated carbocycles. The van der Waals surface area contributed by atoms with Gasteiger partial charge in [-0.1, -0.05) is 5.16 Å². The van der Waals surface area contributed by atoms with E-state index >= 15 is 0 Å². The molecule has 124 valence electrons. The molecule has 0 aliphatic carbocycles. The van der Waals surface area contributed by atoms with E-state index in [9.17, 15) is 9.59 Å². The lowest BCUT2D eigenvalue weighted by Crippen LogP contribution is -2.09. The molecule has 7 nitrogen and oxygen atoms in total. The SMILES string of the molecule is COc1ccc2c(COC(=O)c3c(C)noc3C)cc(=O)oc2c1. The van der Waals surface area contributed by atoms with Crippen LogP contribution in [-0.4, -0.2) is 18.2 Å². The van der Waals surface area contributed by atoms with Crippen LogP contribution in [0.15, 0.2) is 38.0 Å². The maximum Gasteiger partial charge on any atom is 0.344 e. The zero-order valence-electron chi connectivity index (χ0n) is 13.4. The van der Waals surface area contributed by atoms with Gasteiger partial charge in [0.1, 0.15) is 29.3 Å². The van der Waals surface area contributed by atoms with Crippen LogP contribution in [0.4, 0.5) is 0 Å². The lowest BCUT2D eigenvalue weighted by Gasteiger charge is -2.08. The lowest BCUT2D eigenvalue weighted by molar-refractivity contribution is 0.0471. The van der Waals surface area contributed by atoms with Crippen LogP contribution in [0.5, 0.6) is 5.75 Å². The summed E-state index contributed by atoms with van der Waals surface area (Å²) in [6.07, 6.45) is 0. The van der Waals surface area contributed by atoms with E-state index in [0.29, 0.717) is 39.3 Å². The molecule has 2 aromatic heterocycles. The molecule has 0 spiro atoms. The molecule has 0 fully saturated rings. The Kier molecular flexibility index (Phi) is 4.07. The highest BCUT2D eigenvalue weighted by Gasteiger charge is 2.19. The fourth-order valence-corrected chi connectivity index (χ4v) is 2.45. The smallest absolute Gasteiger partial charge is 0.344 e. The molecule has 3 rings (SSSR count). The summed E-state index contributed by atoms with van der Waals surface area (Å²) in [4.78, 5) is 23.9. The van der Waals surface area contributed by atoms with Crippen molar-refractivity contribution in [3.8, 4) is 5.75 Å². The van der Waals surface area contributed by atoms with Crippen LogP contribution < -0.4 is 10.4 Å². The average Bonchev–Trinajstić information content (AvgIpc) is 2.90. The van der Waals surface area contributed by atoms with Crippen molar-refractivity contribution < 1.29 is 23.2 Å². The number of carbonyl (C=O) groups is 1. The number of aryl methyl sites for hydroxylation is 2. The molecule has 1 aromatic carbocycles. The molecule has 0 saturated heterocycles. The molecule has 0 aliphatic heterocycles. The average molecular weight is 329 g/mol. The summed E-state index contributed by atoms with van der Waals surface area (Å²) in [6, 6.07) is 6.39. The highest BCUT2D eigenvalue weighted by molar-refractivity contribution is 5.91. The summed E-state index contributed by atoms with van der Waals surface area (Å²) in [5.74, 6) is 0.399. The van der Waals surface area contributed by atoms with Crippen LogP contribution in [0.25, 0.3) is 11.0 Å². The predicted octanol–water partition coefficient (Wildman–Crippen LogP) is 2.76. The fourth-order valence-electron chi connectivity index (χ4n) is 2.45. The van der Waals surface area contributed by atoms with Gasteiger partial charge in [0.15, 0.2) is 0 Å². The van der Waals surface area contributed by atoms with Crippen LogP contribution in [0.1, 0.15) is 27.4 Å². The molecular weight excluding hydrogens is 314 g/mol. The quantitative estimate of drug-likeness (QED) is 0.537. The Morgan fingerprint density at radius 1 is 1.25 bits per heavy atom. The highest BCUT2D eigenvalue weighted by Crippen LogP contribution is 2.23. The Bertz CT molecular complexity index is 949. The Labute approximate surface area is 136 Å². The number of methoxy groups -OCH3 is 1. The zero-order chi connectivity index (χ0) is 17.3. The third-order valence-corrected chi connectivity index (χ3v) is 3.63. The minimum atomic E-state index is -0.554. The summed E-state index contributed by atoms with van der Waals surface area (Å²) in [7, 11) is 1.52. The van der Waals surface area contributed by atoms with Gasteiger partial charge in [-0.15, -0.1) is 0 Å². The van der Waals surface area contributed by atoms with Crippen LogP contribution in [-0.2, 0) is 11.3 Å². The zero-order valence-corrected chi connectivity index (χ0v) is 13.4. The number of fused-ring (bicyclic) bond motifs is 1. The van der Waals surface area contributed by atoms with E-state index in [2.05, 4.69) is 5.16 Å². The van der Waals surface area contributed by atoms with Gasteiger partial charge in [-0.2, -0.15) is 0 Å². The van der Waals surface area contributed by atoms with E-state index in [4.69, 9.17) is 18.4 Å². The second kappa shape index (κ2) is 6.19. The van der Waals surface area contributed by atoms with Crippen molar-refractivity contribution in [2.45, 2.75) is 20.5 Å². The summed E-state index contributed by atoms with van der Waals surface area (Å²) >= 11 is 0. The van der Waals surface area contributed by atoms with E-state index < -0.39 is 11.6 Å². The topological polar surface area (TPSA) is 91.8 Å². The van der Waals surface area contributed by atoms with Crippen LogP contribution >= 0.6 is 0 Å². The molecule has 0 radical (unpaired) electrons. The number of esters is 1. The summed E-state index contributed by atoms with van der Waals surface area (Å²) in [6.45, 7) is 3.22. The van der Waals surface area contributed by atoms with E-state index in [0.717, 1.165) is 0 Å². The maximum atomic E-state index is 12.2. The highest BCUT2D eigenvalue weighted by atomic mass is 16.5. The molecule has 0 N–H and O–H groups in total. The first-order valence-corrected chi connectivity index (χ1v) is 7.20. The van der Waals surface area contributed by atoms with Crippen molar-refractivity contribution in [2.24, 2.45) is 0 Å². The maximum absolute atomic E-state index is 12.2. The Morgan fingerprint density at radius 3 is 2.71 bits per heavy atom. The Hall–Kier alpha value is -3.09. The number of hydrogen-bond acceptors (Lipinski definition) is 7. The first-order valence-electron chi connectivity index (χ1n) is 7.20. The van der Waals surface area contributed by atoms with Gasteiger partial charge in [0.25, 0.3) is 0 Å². The van der Waals surface area contributed by atoms with Crippen molar-refractivity contribution in [3.63, 3.8) is 0 Å². The van der Waals surface area contributed by atoms with Gasteiger partial charge in [0.2, 0.25) is 0 Å². The number of ether oxygens (including phenoxy) is 2. The third kappa shape index (κ3) is 2.88. The van der Waals surface area contributed by atoms with Gasteiger partial charge in [-0.3, -0.25) is 0 Å². The van der Waals surface area contributed by atoms with Gasteiger partial charge < -0.3 is 18.4 Å². The summed E-state index contributed by atoms with van der Waals surface area (Å²) in [5, 5.41) is 4.39. The third-order valence-electron chi connectivity index (χ3n) is 3.63. The number of rotatable bonds is 4. The normalized spacial score (nSPS) is 10.8. The molecular formula is C17H15NO6. The number of aromatic nitrogens is 1. The minimum absolute atomic E-state index is 0.0721. The van der Waals surface area contributed by atoms with Crippen LogP contribution in [0.2, 0.25) is 0 Å². The molecule has 0 unspecified atom stereocenters. The predicted molar refractivity (Wildman–Crippen MR) is 84.1 cm³/mol. The van der Waals surface area contributed by atoms with Crippen molar-refractivity contribution in [1.29, 1.82) is 0 Å². The molecule has 3 aromatic rings. The minimum Gasteiger partial charge on any atom is -0.497 e. The van der Waals surface area contributed by atoms with Gasteiger partial charge >= 0.3 is 11.6 Å². The second-order valence-corrected chi connectivity index (χ2v) is 5.23. The molecule has 0 atom stereocenters. The fraction of sp³-hybridized carbons (Fsp3) is 0.235. The van der Waals surface area contributed by atoms with E-state index in [1.807, 2.05) is 0 Å². The van der Waals surface area contributed by atoms with E-state index in [1.165, 1.54) is 13.2 Å². The van der Waals surface area contributed by atoms with Gasteiger partial charge in [-0.25, -0.2) is 9.59 Å². The standard InChI is InChI=1S/C17H15NO6/c1-9-16(10(2)24-18-9)17(20)22-8-11-6-15(19)23-14-7-12(21-3)4-5-13(11)14/h4-7H,8H2,1-3H3. The van der Waals surface area contributed by atoms with Crippen molar-refractivity contribution in [3.05, 3.63) is 57.3 Å². The van der Waals surface area contributed by atoms with Crippen molar-refractivity contribution in [1.82, 2.24) is 5.16 Å². The second-order valence-electron chi connectivity index (χ2n) is 5.23. The van der Waals surface area contributed by atoms with Gasteiger partial charge in [0, 0.05) is 23.1 Å². The van der Waals surface area contributed by atoms with E-state index in [-0.39, 0.29) is 6.61 Å². The largest absolute Gasteiger partial charge is 0.497 e. The van der Waals surface area contributed by atoms with Gasteiger partial charge in [0.05, 0.1) is 12.8 Å². The molecule has 24 heavy (non-hydrogen) atoms. The number of carbonyl (C=O) groups excluding carboxylic acids is 1. The lowest BCUT2D eigenvalue weighted by atomic mass is 10.1. The molecule has 7 heteroatoms. The van der Waals surface area contributed by atoms with Crippen molar-refractivity contribution >= 4 is 16.9 Å². The first-order chi connectivity index (χ1) is 11.5. The van der Waals surface area contributed by atoms with Gasteiger partial charge in [-0.05, 0) is 26.0 Å². The number of hydrogen-bond donors (Lipinski definition) is 0. The van der Waals surface area contributed by atoms with Crippen molar-refractivity contribution in [2.75, 3.05) is 7.11 Å². The molecule has 0 amide bonds. The Morgan fingerprint density at radius 2 is 2.04 bits per heavy atom. The first kappa shape index (κ1) is 15.8. The molecule has 0 bridgehead atoms. The molecule has 0 aliphatic rings. The monoisotopic (exact) mass is 329 g/mol. The number of nitrogens with zero attached hydrogens (tertiary/aromatic N) is 1. The summed E-state index contributed by atoms with van der Waals surface area (Å²) in [5.41, 5.74) is 1.14. The van der Waals surface area contributed by atoms with Crippen LogP contribution in [0, 0.1) is 13.8 Å². The molecule has 2 heterocycles. The summed E-state index contributed by atoms with van der Waals surface area (Å²) < 4.78 is 20.5. The van der Waals surface area contributed by atoms with E-state index in [1.54, 1.807) is 32.0 Å².